The number of allylic oxidation sites excluding steroid dienone is 2. The van der Waals surface area contributed by atoms with Crippen LogP contribution in [0.15, 0.2) is 31.4 Å². The minimum absolute atomic E-state index is 0.683. The molecule has 0 aromatic heterocycles. The van der Waals surface area contributed by atoms with E-state index in [1.165, 1.54) is 16.7 Å². The van der Waals surface area contributed by atoms with Crippen LogP contribution in [0, 0.1) is 0 Å². The Morgan fingerprint density at radius 1 is 1.13 bits per heavy atom. The van der Waals surface area contributed by atoms with Gasteiger partial charge in [0.25, 0.3) is 0 Å². The Labute approximate surface area is 92.3 Å². The van der Waals surface area contributed by atoms with Crippen molar-refractivity contribution in [2.24, 2.45) is 5.73 Å². The zero-order valence-corrected chi connectivity index (χ0v) is 9.64. The van der Waals surface area contributed by atoms with Crippen molar-refractivity contribution in [2.45, 2.75) is 20.3 Å². The topological polar surface area (TPSA) is 26.0 Å². The number of nitrogens with two attached hydrogens (primary N) is 1. The van der Waals surface area contributed by atoms with E-state index in [1.807, 2.05) is 13.8 Å². The Hall–Kier alpha value is -1.34. The van der Waals surface area contributed by atoms with E-state index in [-0.39, 0.29) is 0 Å². The highest BCUT2D eigenvalue weighted by molar-refractivity contribution is 5.76. The monoisotopic (exact) mass is 201 g/mol. The van der Waals surface area contributed by atoms with Crippen molar-refractivity contribution < 1.29 is 0 Å². The summed E-state index contributed by atoms with van der Waals surface area (Å²) in [5.41, 5.74) is 11.3. The summed E-state index contributed by atoms with van der Waals surface area (Å²) in [6.07, 6.45) is 0.913. The first kappa shape index (κ1) is 11.7. The molecule has 0 radical (unpaired) electrons. The van der Waals surface area contributed by atoms with E-state index in [2.05, 4.69) is 31.4 Å². The molecule has 0 saturated heterocycles. The molecule has 80 valence electrons. The van der Waals surface area contributed by atoms with Crippen LogP contribution in [0.5, 0.6) is 0 Å². The van der Waals surface area contributed by atoms with Crippen molar-refractivity contribution in [3.63, 3.8) is 0 Å². The molecule has 1 nitrogen and oxygen atoms in total. The van der Waals surface area contributed by atoms with Crippen LogP contribution >= 0.6 is 0 Å². The van der Waals surface area contributed by atoms with Gasteiger partial charge >= 0.3 is 0 Å². The van der Waals surface area contributed by atoms with Crippen molar-refractivity contribution in [1.82, 2.24) is 0 Å². The second-order valence-corrected chi connectivity index (χ2v) is 3.98. The molecule has 0 atom stereocenters. The molecule has 1 rings (SSSR count). The zero-order chi connectivity index (χ0) is 11.4. The average Bonchev–Trinajstić information content (AvgIpc) is 2.17. The van der Waals surface area contributed by atoms with Gasteiger partial charge < -0.3 is 5.73 Å². The predicted octanol–water partition coefficient (Wildman–Crippen LogP) is 3.25. The van der Waals surface area contributed by atoms with Crippen LogP contribution in [0.2, 0.25) is 0 Å². The number of hydrogen-bond acceptors (Lipinski definition) is 1. The van der Waals surface area contributed by atoms with E-state index < -0.39 is 0 Å². The first-order valence-corrected chi connectivity index (χ1v) is 5.21. The van der Waals surface area contributed by atoms with Gasteiger partial charge in [0.1, 0.15) is 0 Å². The van der Waals surface area contributed by atoms with Crippen molar-refractivity contribution in [3.8, 4) is 0 Å². The number of benzene rings is 1. The van der Waals surface area contributed by atoms with Crippen LogP contribution < -0.4 is 5.73 Å². The van der Waals surface area contributed by atoms with Crippen LogP contribution in [0.4, 0.5) is 0 Å². The summed E-state index contributed by atoms with van der Waals surface area (Å²) in [6, 6.07) is 6.39. The van der Waals surface area contributed by atoms with Crippen LogP contribution in [-0.4, -0.2) is 6.54 Å². The standard InChI is InChI=1S/C14H19N/c1-10(2)13-6-5-12(7-8-15)9-14(13)11(3)4/h5-6,9H,1,3,7-8,15H2,2,4H3. The summed E-state index contributed by atoms with van der Waals surface area (Å²) in [4.78, 5) is 0. The first-order chi connectivity index (χ1) is 7.06. The fourth-order valence-corrected chi connectivity index (χ4v) is 1.64. The lowest BCUT2D eigenvalue weighted by Gasteiger charge is -2.11. The molecule has 0 saturated carbocycles. The summed E-state index contributed by atoms with van der Waals surface area (Å²) in [5.74, 6) is 0. The highest BCUT2D eigenvalue weighted by Gasteiger charge is 2.05. The highest BCUT2D eigenvalue weighted by Crippen LogP contribution is 2.24. The molecule has 0 heterocycles. The smallest absolute Gasteiger partial charge is 0.00367 e. The molecule has 0 aliphatic rings. The van der Waals surface area contributed by atoms with E-state index in [0.29, 0.717) is 6.54 Å². The second-order valence-electron chi connectivity index (χ2n) is 3.98. The number of rotatable bonds is 4. The molecule has 0 amide bonds. The Morgan fingerprint density at radius 3 is 2.20 bits per heavy atom. The third kappa shape index (κ3) is 2.80. The Balaban J connectivity index is 3.21. The average molecular weight is 201 g/mol. The maximum atomic E-state index is 5.54. The molecule has 1 aromatic carbocycles. The van der Waals surface area contributed by atoms with Crippen molar-refractivity contribution in [3.05, 3.63) is 48.0 Å². The van der Waals surface area contributed by atoms with Crippen molar-refractivity contribution in [2.75, 3.05) is 6.54 Å². The third-order valence-electron chi connectivity index (χ3n) is 2.44. The minimum Gasteiger partial charge on any atom is -0.330 e. The Kier molecular flexibility index (Phi) is 3.87. The van der Waals surface area contributed by atoms with Gasteiger partial charge in [-0.2, -0.15) is 0 Å². The van der Waals surface area contributed by atoms with Crippen molar-refractivity contribution in [1.29, 1.82) is 0 Å². The molecular formula is C14H19N. The molecule has 0 bridgehead atoms. The Bertz CT molecular complexity index is 388. The lowest BCUT2D eigenvalue weighted by Crippen LogP contribution is -2.03. The summed E-state index contributed by atoms with van der Waals surface area (Å²) in [7, 11) is 0. The summed E-state index contributed by atoms with van der Waals surface area (Å²) >= 11 is 0. The summed E-state index contributed by atoms with van der Waals surface area (Å²) < 4.78 is 0. The Morgan fingerprint density at radius 2 is 1.73 bits per heavy atom. The van der Waals surface area contributed by atoms with E-state index in [1.54, 1.807) is 0 Å². The second kappa shape index (κ2) is 4.94. The van der Waals surface area contributed by atoms with Gasteiger partial charge in [0.2, 0.25) is 0 Å². The summed E-state index contributed by atoms with van der Waals surface area (Å²) in [6.45, 7) is 12.7. The van der Waals surface area contributed by atoms with Gasteiger partial charge in [0.15, 0.2) is 0 Å². The lowest BCUT2D eigenvalue weighted by atomic mass is 9.94. The van der Waals surface area contributed by atoms with E-state index in [9.17, 15) is 0 Å². The molecular weight excluding hydrogens is 182 g/mol. The zero-order valence-electron chi connectivity index (χ0n) is 9.64. The molecule has 15 heavy (non-hydrogen) atoms. The molecule has 0 aliphatic carbocycles. The molecule has 0 aliphatic heterocycles. The SMILES string of the molecule is C=C(C)c1ccc(CCN)cc1C(=C)C. The predicted molar refractivity (Wildman–Crippen MR) is 68.6 cm³/mol. The van der Waals surface area contributed by atoms with E-state index in [4.69, 9.17) is 5.73 Å². The largest absolute Gasteiger partial charge is 0.330 e. The van der Waals surface area contributed by atoms with Gasteiger partial charge in [-0.1, -0.05) is 42.5 Å². The van der Waals surface area contributed by atoms with Gasteiger partial charge in [-0.05, 0) is 43.5 Å². The van der Waals surface area contributed by atoms with Gasteiger partial charge in [-0.15, -0.1) is 0 Å². The molecule has 1 heteroatoms. The van der Waals surface area contributed by atoms with Crippen molar-refractivity contribution >= 4 is 11.1 Å². The fourth-order valence-electron chi connectivity index (χ4n) is 1.64. The normalized spacial score (nSPS) is 10.1. The quantitative estimate of drug-likeness (QED) is 0.795. The maximum absolute atomic E-state index is 5.54. The summed E-state index contributed by atoms with van der Waals surface area (Å²) in [5, 5.41) is 0. The van der Waals surface area contributed by atoms with E-state index >= 15 is 0 Å². The maximum Gasteiger partial charge on any atom is -0.00367 e. The van der Waals surface area contributed by atoms with Gasteiger partial charge in [-0.3, -0.25) is 0 Å². The fraction of sp³-hybridized carbons (Fsp3) is 0.286. The van der Waals surface area contributed by atoms with Gasteiger partial charge in [0, 0.05) is 0 Å². The van der Waals surface area contributed by atoms with Crippen LogP contribution in [-0.2, 0) is 6.42 Å². The van der Waals surface area contributed by atoms with Gasteiger partial charge in [-0.25, -0.2) is 0 Å². The minimum atomic E-state index is 0.683. The molecule has 0 spiro atoms. The highest BCUT2D eigenvalue weighted by atomic mass is 14.5. The van der Waals surface area contributed by atoms with Gasteiger partial charge in [0.05, 0.1) is 0 Å². The molecule has 0 fully saturated rings. The van der Waals surface area contributed by atoms with E-state index in [0.717, 1.165) is 17.6 Å². The van der Waals surface area contributed by atoms with Crippen LogP contribution in [0.25, 0.3) is 11.1 Å². The molecule has 0 unspecified atom stereocenters. The third-order valence-corrected chi connectivity index (χ3v) is 2.44. The number of hydrogen-bond donors (Lipinski definition) is 1. The molecule has 1 aromatic rings. The van der Waals surface area contributed by atoms with Crippen LogP contribution in [0.3, 0.4) is 0 Å². The lowest BCUT2D eigenvalue weighted by molar-refractivity contribution is 0.967. The van der Waals surface area contributed by atoms with Crippen LogP contribution in [0.1, 0.15) is 30.5 Å². The first-order valence-electron chi connectivity index (χ1n) is 5.21. The molecule has 2 N–H and O–H groups in total.